The summed E-state index contributed by atoms with van der Waals surface area (Å²) in [5.41, 5.74) is 2.08. The molecule has 6 heteroatoms. The molecule has 0 fully saturated rings. The maximum atomic E-state index is 11.8. The van der Waals surface area contributed by atoms with E-state index in [-0.39, 0.29) is 18.3 Å². The van der Waals surface area contributed by atoms with Crippen LogP contribution in [-0.4, -0.2) is 25.5 Å². The number of hydrogen-bond acceptors (Lipinski definition) is 3. The molecular weight excluding hydrogens is 371 g/mol. The van der Waals surface area contributed by atoms with Gasteiger partial charge in [-0.05, 0) is 41.6 Å². The third kappa shape index (κ3) is 4.57. The van der Waals surface area contributed by atoms with E-state index in [1.165, 1.54) is 5.57 Å². The molecule has 2 heterocycles. The third-order valence-corrected chi connectivity index (χ3v) is 4.25. The van der Waals surface area contributed by atoms with Crippen molar-refractivity contribution in [2.45, 2.75) is 6.42 Å². The largest absolute Gasteiger partial charge is 0.348 e. The van der Waals surface area contributed by atoms with Gasteiger partial charge in [0.25, 0.3) is 5.91 Å². The van der Waals surface area contributed by atoms with E-state index in [4.69, 9.17) is 0 Å². The van der Waals surface area contributed by atoms with E-state index in [2.05, 4.69) is 39.3 Å². The van der Waals surface area contributed by atoms with Crippen molar-refractivity contribution in [3.05, 3.63) is 31.5 Å². The number of carbonyl (C=O) groups is 1. The fourth-order valence-electron chi connectivity index (χ4n) is 1.56. The van der Waals surface area contributed by atoms with E-state index in [0.717, 1.165) is 28.0 Å². The molecule has 0 atom stereocenters. The van der Waals surface area contributed by atoms with Crippen LogP contribution in [-0.2, 0) is 0 Å². The molecule has 0 spiro atoms. The molecule has 1 aromatic heterocycles. The Morgan fingerprint density at radius 1 is 1.59 bits per heavy atom. The van der Waals surface area contributed by atoms with Gasteiger partial charge in [-0.1, -0.05) is 11.6 Å². The minimum absolute atomic E-state index is 0. The molecular formula is C11H14ClIN2OS. The Morgan fingerprint density at radius 2 is 2.41 bits per heavy atom. The lowest BCUT2D eigenvalue weighted by molar-refractivity contribution is 0.0957. The first-order chi connectivity index (χ1) is 7.75. The standard InChI is InChI=1S/C11H13IN2OS.ClH/c12-10-5-9(7-16-10)11(15)14-6-8-1-3-13-4-2-8;/h1,5,7,13H,2-4,6H2,(H,14,15);1H. The first kappa shape index (κ1) is 14.9. The monoisotopic (exact) mass is 384 g/mol. The predicted octanol–water partition coefficient (Wildman–Crippen LogP) is 2.42. The molecule has 0 unspecified atom stereocenters. The fourth-order valence-corrected chi connectivity index (χ4v) is 2.88. The molecule has 2 N–H and O–H groups in total. The zero-order valence-corrected chi connectivity index (χ0v) is 13.0. The van der Waals surface area contributed by atoms with E-state index in [1.807, 2.05) is 11.4 Å². The van der Waals surface area contributed by atoms with Crippen molar-refractivity contribution >= 4 is 52.2 Å². The van der Waals surface area contributed by atoms with Gasteiger partial charge in [0.15, 0.2) is 0 Å². The van der Waals surface area contributed by atoms with Crippen LogP contribution >= 0.6 is 46.3 Å². The van der Waals surface area contributed by atoms with Crippen molar-refractivity contribution in [3.63, 3.8) is 0 Å². The van der Waals surface area contributed by atoms with Crippen LogP contribution in [0.4, 0.5) is 0 Å². The van der Waals surface area contributed by atoms with E-state index >= 15 is 0 Å². The van der Waals surface area contributed by atoms with Gasteiger partial charge in [0.2, 0.25) is 0 Å². The normalized spacial score (nSPS) is 14.8. The first-order valence-electron chi connectivity index (χ1n) is 5.16. The highest BCUT2D eigenvalue weighted by atomic mass is 127. The van der Waals surface area contributed by atoms with E-state index < -0.39 is 0 Å². The number of amides is 1. The Labute approximate surface area is 125 Å². The number of thiophene rings is 1. The summed E-state index contributed by atoms with van der Waals surface area (Å²) in [5.74, 6) is 0.0265. The van der Waals surface area contributed by atoms with Gasteiger partial charge in [-0.25, -0.2) is 0 Å². The minimum Gasteiger partial charge on any atom is -0.348 e. The number of nitrogens with one attached hydrogen (secondary N) is 2. The molecule has 17 heavy (non-hydrogen) atoms. The third-order valence-electron chi connectivity index (χ3n) is 2.46. The van der Waals surface area contributed by atoms with Crippen LogP contribution in [0.25, 0.3) is 0 Å². The number of rotatable bonds is 3. The second-order valence-corrected chi connectivity index (χ2v) is 6.44. The molecule has 2 rings (SSSR count). The SMILES string of the molecule is Cl.O=C(NCC1=CCNCC1)c1csc(I)c1. The lowest BCUT2D eigenvalue weighted by Gasteiger charge is -2.14. The van der Waals surface area contributed by atoms with E-state index in [1.54, 1.807) is 11.3 Å². The fraction of sp³-hybridized carbons (Fsp3) is 0.364. The van der Waals surface area contributed by atoms with Crippen LogP contribution in [0.2, 0.25) is 0 Å². The van der Waals surface area contributed by atoms with Crippen LogP contribution in [0.1, 0.15) is 16.8 Å². The van der Waals surface area contributed by atoms with Gasteiger partial charge in [0, 0.05) is 18.5 Å². The highest BCUT2D eigenvalue weighted by Gasteiger charge is 2.09. The number of carbonyl (C=O) groups excluding carboxylic acids is 1. The highest BCUT2D eigenvalue weighted by Crippen LogP contribution is 2.16. The smallest absolute Gasteiger partial charge is 0.252 e. The Bertz CT molecular complexity index is 419. The van der Waals surface area contributed by atoms with Gasteiger partial charge in [0.05, 0.1) is 8.45 Å². The number of halogens is 2. The van der Waals surface area contributed by atoms with Crippen LogP contribution in [0.3, 0.4) is 0 Å². The molecule has 1 aliphatic rings. The second-order valence-electron chi connectivity index (χ2n) is 3.64. The molecule has 0 saturated heterocycles. The summed E-state index contributed by atoms with van der Waals surface area (Å²) < 4.78 is 1.14. The molecule has 94 valence electrons. The molecule has 1 amide bonds. The molecule has 3 nitrogen and oxygen atoms in total. The van der Waals surface area contributed by atoms with Crippen molar-refractivity contribution < 1.29 is 4.79 Å². The highest BCUT2D eigenvalue weighted by molar-refractivity contribution is 14.1. The van der Waals surface area contributed by atoms with E-state index in [9.17, 15) is 4.79 Å². The van der Waals surface area contributed by atoms with Crippen molar-refractivity contribution in [2.75, 3.05) is 19.6 Å². The average Bonchev–Trinajstić information content (AvgIpc) is 2.74. The maximum absolute atomic E-state index is 11.8. The van der Waals surface area contributed by atoms with E-state index in [0.29, 0.717) is 6.54 Å². The van der Waals surface area contributed by atoms with Gasteiger partial charge in [-0.15, -0.1) is 23.7 Å². The summed E-state index contributed by atoms with van der Waals surface area (Å²) in [6.07, 6.45) is 3.18. The summed E-state index contributed by atoms with van der Waals surface area (Å²) in [4.78, 5) is 11.8. The summed E-state index contributed by atoms with van der Waals surface area (Å²) in [5, 5.41) is 8.10. The van der Waals surface area contributed by atoms with Crippen molar-refractivity contribution in [2.24, 2.45) is 0 Å². The zero-order valence-electron chi connectivity index (χ0n) is 9.16. The summed E-state index contributed by atoms with van der Waals surface area (Å²) in [6, 6.07) is 1.91. The van der Waals surface area contributed by atoms with Crippen LogP contribution < -0.4 is 10.6 Å². The van der Waals surface area contributed by atoms with Gasteiger partial charge in [-0.3, -0.25) is 4.79 Å². The Hall–Kier alpha value is -0.110. The predicted molar refractivity (Wildman–Crippen MR) is 82.2 cm³/mol. The van der Waals surface area contributed by atoms with Gasteiger partial charge < -0.3 is 10.6 Å². The van der Waals surface area contributed by atoms with Crippen LogP contribution in [0.15, 0.2) is 23.1 Å². The maximum Gasteiger partial charge on any atom is 0.252 e. The van der Waals surface area contributed by atoms with Crippen LogP contribution in [0.5, 0.6) is 0 Å². The lowest BCUT2D eigenvalue weighted by atomic mass is 10.1. The second kappa shape index (κ2) is 7.35. The Balaban J connectivity index is 0.00000144. The summed E-state index contributed by atoms with van der Waals surface area (Å²) in [7, 11) is 0. The van der Waals surface area contributed by atoms with Crippen molar-refractivity contribution in [1.29, 1.82) is 0 Å². The Morgan fingerprint density at radius 3 is 3.00 bits per heavy atom. The molecule has 0 aromatic carbocycles. The van der Waals surface area contributed by atoms with Gasteiger partial charge >= 0.3 is 0 Å². The molecule has 0 bridgehead atoms. The van der Waals surface area contributed by atoms with Crippen molar-refractivity contribution in [1.82, 2.24) is 10.6 Å². The molecule has 0 aliphatic carbocycles. The Kier molecular flexibility index (Phi) is 6.47. The van der Waals surface area contributed by atoms with Gasteiger partial charge in [-0.2, -0.15) is 0 Å². The first-order valence-corrected chi connectivity index (χ1v) is 7.12. The molecule has 1 aliphatic heterocycles. The molecule has 0 radical (unpaired) electrons. The van der Waals surface area contributed by atoms with Crippen LogP contribution in [0, 0.1) is 2.88 Å². The average molecular weight is 385 g/mol. The summed E-state index contributed by atoms with van der Waals surface area (Å²) in [6.45, 7) is 2.60. The lowest BCUT2D eigenvalue weighted by Crippen LogP contribution is -2.29. The quantitative estimate of drug-likeness (QED) is 0.621. The molecule has 1 aromatic rings. The van der Waals surface area contributed by atoms with Crippen molar-refractivity contribution in [3.8, 4) is 0 Å². The zero-order chi connectivity index (χ0) is 11.4. The minimum atomic E-state index is 0. The molecule has 0 saturated carbocycles. The number of hydrogen-bond donors (Lipinski definition) is 2. The topological polar surface area (TPSA) is 41.1 Å². The van der Waals surface area contributed by atoms with Gasteiger partial charge in [0.1, 0.15) is 0 Å². The summed E-state index contributed by atoms with van der Waals surface area (Å²) >= 11 is 3.82.